The van der Waals surface area contributed by atoms with Crippen molar-refractivity contribution in [3.05, 3.63) is 164 Å². The molecule has 0 aliphatic carbocycles. The Labute approximate surface area is 250 Å². The average molecular weight is 554 g/mol. The molecule has 0 atom stereocenters. The highest BCUT2D eigenvalue weighted by Gasteiger charge is 2.30. The summed E-state index contributed by atoms with van der Waals surface area (Å²) >= 11 is 0. The number of hydrogen-bond donors (Lipinski definition) is 0. The van der Waals surface area contributed by atoms with Gasteiger partial charge in [0.05, 0.1) is 22.7 Å². The standard InChI is InChI=1S/C38H27N5/c1-4-14-28(15-5-1)37-39-40-38(29-16-6-2-7-17-29)43(37)32-26-24-31(25-27-32)42-35-22-12-10-20-33(35)41(30-18-8-3-9-19-30)34-21-11-13-23-36(34)42/h1-27H. The minimum absolute atomic E-state index is 0.805. The third-order valence-electron chi connectivity index (χ3n) is 7.83. The Hall–Kier alpha value is -5.94. The van der Waals surface area contributed by atoms with Crippen LogP contribution in [0, 0.1) is 0 Å². The van der Waals surface area contributed by atoms with E-state index in [2.05, 4.69) is 152 Å². The third-order valence-corrected chi connectivity index (χ3v) is 7.83. The zero-order valence-electron chi connectivity index (χ0n) is 23.3. The van der Waals surface area contributed by atoms with E-state index >= 15 is 0 Å². The first-order valence-electron chi connectivity index (χ1n) is 14.4. The number of rotatable bonds is 5. The highest BCUT2D eigenvalue weighted by atomic mass is 15.3. The van der Waals surface area contributed by atoms with Gasteiger partial charge in [0, 0.05) is 28.2 Å². The highest BCUT2D eigenvalue weighted by molar-refractivity contribution is 6.01. The van der Waals surface area contributed by atoms with Crippen LogP contribution in [0.3, 0.4) is 0 Å². The molecular formula is C38H27N5. The van der Waals surface area contributed by atoms with Crippen LogP contribution in [0.15, 0.2) is 164 Å². The molecule has 43 heavy (non-hydrogen) atoms. The average Bonchev–Trinajstić information content (AvgIpc) is 3.54. The first-order chi connectivity index (χ1) is 21.4. The molecular weight excluding hydrogens is 526 g/mol. The summed E-state index contributed by atoms with van der Waals surface area (Å²) in [5, 5.41) is 9.29. The van der Waals surface area contributed by atoms with Crippen molar-refractivity contribution in [1.82, 2.24) is 14.8 Å². The van der Waals surface area contributed by atoms with Crippen LogP contribution in [0.5, 0.6) is 0 Å². The monoisotopic (exact) mass is 553 g/mol. The van der Waals surface area contributed by atoms with Crippen molar-refractivity contribution >= 4 is 34.1 Å². The second kappa shape index (κ2) is 10.5. The van der Waals surface area contributed by atoms with Gasteiger partial charge in [-0.1, -0.05) is 103 Å². The fourth-order valence-electron chi connectivity index (χ4n) is 5.91. The number of hydrogen-bond acceptors (Lipinski definition) is 4. The number of fused-ring (bicyclic) bond motifs is 2. The molecule has 204 valence electrons. The Morgan fingerprint density at radius 2 is 0.628 bits per heavy atom. The van der Waals surface area contributed by atoms with Crippen molar-refractivity contribution in [2.45, 2.75) is 0 Å². The van der Waals surface area contributed by atoms with Gasteiger partial charge < -0.3 is 9.80 Å². The Balaban J connectivity index is 1.26. The minimum atomic E-state index is 0.805. The van der Waals surface area contributed by atoms with Crippen molar-refractivity contribution < 1.29 is 0 Å². The van der Waals surface area contributed by atoms with Crippen LogP contribution in [0.25, 0.3) is 28.5 Å². The third kappa shape index (κ3) is 4.26. The van der Waals surface area contributed by atoms with Gasteiger partial charge in [-0.15, -0.1) is 10.2 Å². The van der Waals surface area contributed by atoms with Gasteiger partial charge in [0.2, 0.25) is 0 Å². The molecule has 1 aliphatic rings. The number of nitrogens with zero attached hydrogens (tertiary/aromatic N) is 5. The normalized spacial score (nSPS) is 12.1. The molecule has 5 heteroatoms. The molecule has 1 aromatic heterocycles. The number of anilines is 6. The van der Waals surface area contributed by atoms with Gasteiger partial charge in [0.15, 0.2) is 11.6 Å². The summed E-state index contributed by atoms with van der Waals surface area (Å²) in [6.07, 6.45) is 0. The van der Waals surface area contributed by atoms with Crippen LogP contribution in [-0.4, -0.2) is 14.8 Å². The van der Waals surface area contributed by atoms with E-state index in [1.165, 1.54) is 0 Å². The molecule has 0 bridgehead atoms. The summed E-state index contributed by atoms with van der Waals surface area (Å²) in [6, 6.07) is 56.9. The fourth-order valence-corrected chi connectivity index (χ4v) is 5.91. The predicted molar refractivity (Wildman–Crippen MR) is 175 cm³/mol. The molecule has 0 radical (unpaired) electrons. The molecule has 1 aliphatic heterocycles. The molecule has 0 saturated heterocycles. The van der Waals surface area contributed by atoms with Gasteiger partial charge in [0.25, 0.3) is 0 Å². The molecule has 0 amide bonds. The molecule has 0 fully saturated rings. The second-order valence-electron chi connectivity index (χ2n) is 10.4. The van der Waals surface area contributed by atoms with E-state index in [9.17, 15) is 0 Å². The summed E-state index contributed by atoms with van der Waals surface area (Å²) in [5.74, 6) is 1.61. The number of para-hydroxylation sites is 5. The molecule has 6 aromatic carbocycles. The molecule has 0 spiro atoms. The highest BCUT2D eigenvalue weighted by Crippen LogP contribution is 2.53. The lowest BCUT2D eigenvalue weighted by Gasteiger charge is -2.40. The lowest BCUT2D eigenvalue weighted by molar-refractivity contribution is 1.07. The van der Waals surface area contributed by atoms with Gasteiger partial charge >= 0.3 is 0 Å². The maximum Gasteiger partial charge on any atom is 0.168 e. The van der Waals surface area contributed by atoms with Crippen molar-refractivity contribution in [3.63, 3.8) is 0 Å². The van der Waals surface area contributed by atoms with Gasteiger partial charge in [-0.3, -0.25) is 4.57 Å². The van der Waals surface area contributed by atoms with Crippen LogP contribution in [0.1, 0.15) is 0 Å². The lowest BCUT2D eigenvalue weighted by Crippen LogP contribution is -2.23. The zero-order valence-corrected chi connectivity index (χ0v) is 23.3. The van der Waals surface area contributed by atoms with Crippen LogP contribution < -0.4 is 9.80 Å². The summed E-state index contributed by atoms with van der Waals surface area (Å²) < 4.78 is 2.14. The Morgan fingerprint density at radius 3 is 1.05 bits per heavy atom. The van der Waals surface area contributed by atoms with Gasteiger partial charge in [0.1, 0.15) is 0 Å². The molecule has 0 unspecified atom stereocenters. The summed E-state index contributed by atoms with van der Waals surface area (Å²) in [5.41, 5.74) is 9.74. The number of aromatic nitrogens is 3. The molecule has 0 saturated carbocycles. The van der Waals surface area contributed by atoms with E-state index in [-0.39, 0.29) is 0 Å². The van der Waals surface area contributed by atoms with Crippen LogP contribution in [0.4, 0.5) is 34.1 Å². The van der Waals surface area contributed by atoms with Crippen LogP contribution in [0.2, 0.25) is 0 Å². The first kappa shape index (κ1) is 24.8. The summed E-state index contributed by atoms with van der Waals surface area (Å²) in [7, 11) is 0. The van der Waals surface area contributed by atoms with E-state index in [4.69, 9.17) is 0 Å². The summed E-state index contributed by atoms with van der Waals surface area (Å²) in [6.45, 7) is 0. The molecule has 5 nitrogen and oxygen atoms in total. The Bertz CT molecular complexity index is 1910. The smallest absolute Gasteiger partial charge is 0.168 e. The zero-order chi connectivity index (χ0) is 28.6. The Morgan fingerprint density at radius 1 is 0.302 bits per heavy atom. The molecule has 2 heterocycles. The van der Waals surface area contributed by atoms with Crippen molar-refractivity contribution in [2.75, 3.05) is 9.80 Å². The first-order valence-corrected chi connectivity index (χ1v) is 14.4. The van der Waals surface area contributed by atoms with Crippen molar-refractivity contribution in [1.29, 1.82) is 0 Å². The molecule has 7 aromatic rings. The van der Waals surface area contributed by atoms with Crippen LogP contribution in [-0.2, 0) is 0 Å². The van der Waals surface area contributed by atoms with Crippen LogP contribution >= 0.6 is 0 Å². The largest absolute Gasteiger partial charge is 0.306 e. The van der Waals surface area contributed by atoms with Gasteiger partial charge in [-0.25, -0.2) is 0 Å². The van der Waals surface area contributed by atoms with E-state index < -0.39 is 0 Å². The van der Waals surface area contributed by atoms with E-state index in [1.54, 1.807) is 0 Å². The Kier molecular flexibility index (Phi) is 6.05. The lowest BCUT2D eigenvalue weighted by atomic mass is 10.0. The van der Waals surface area contributed by atoms with E-state index in [0.29, 0.717) is 0 Å². The SMILES string of the molecule is c1ccc(-c2nnc(-c3ccccc3)n2-c2ccc(N3c4ccccc4N(c4ccccc4)c4ccccc43)cc2)cc1. The van der Waals surface area contributed by atoms with Crippen molar-refractivity contribution in [2.24, 2.45) is 0 Å². The van der Waals surface area contributed by atoms with E-state index in [1.807, 2.05) is 36.4 Å². The van der Waals surface area contributed by atoms with Crippen molar-refractivity contribution in [3.8, 4) is 28.5 Å². The van der Waals surface area contributed by atoms with Gasteiger partial charge in [-0.05, 0) is 60.7 Å². The molecule has 0 N–H and O–H groups in total. The maximum absolute atomic E-state index is 4.65. The second-order valence-corrected chi connectivity index (χ2v) is 10.4. The minimum Gasteiger partial charge on any atom is -0.306 e. The summed E-state index contributed by atoms with van der Waals surface area (Å²) in [4.78, 5) is 4.68. The fraction of sp³-hybridized carbons (Fsp3) is 0. The predicted octanol–water partition coefficient (Wildman–Crippen LogP) is 9.85. The van der Waals surface area contributed by atoms with E-state index in [0.717, 1.165) is 62.6 Å². The van der Waals surface area contributed by atoms with Gasteiger partial charge in [-0.2, -0.15) is 0 Å². The molecule has 8 rings (SSSR count). The topological polar surface area (TPSA) is 37.2 Å². The maximum atomic E-state index is 4.65. The quantitative estimate of drug-likeness (QED) is 0.213. The number of benzene rings is 6.